The van der Waals surface area contributed by atoms with Crippen molar-refractivity contribution in [2.75, 3.05) is 6.26 Å². The molecule has 1 aromatic carbocycles. The van der Waals surface area contributed by atoms with Crippen LogP contribution in [0.1, 0.15) is 25.3 Å². The van der Waals surface area contributed by atoms with Crippen LogP contribution in [0.15, 0.2) is 29.2 Å². The van der Waals surface area contributed by atoms with Gasteiger partial charge in [0.2, 0.25) is 10.0 Å². The van der Waals surface area contributed by atoms with E-state index in [0.29, 0.717) is 6.42 Å². The summed E-state index contributed by atoms with van der Waals surface area (Å²) in [6.07, 6.45) is 1.72. The van der Waals surface area contributed by atoms with E-state index >= 15 is 0 Å². The van der Waals surface area contributed by atoms with Gasteiger partial charge in [0.25, 0.3) is 0 Å². The largest absolute Gasteiger partial charge is 0.480 e. The molecule has 1 aromatic rings. The molecule has 0 amide bonds. The van der Waals surface area contributed by atoms with Crippen molar-refractivity contribution in [1.82, 2.24) is 4.72 Å². The van der Waals surface area contributed by atoms with Crippen molar-refractivity contribution in [2.24, 2.45) is 0 Å². The quantitative estimate of drug-likeness (QED) is 0.715. The number of carboxylic acids is 1. The molecule has 0 radical (unpaired) electrons. The van der Waals surface area contributed by atoms with Crippen molar-refractivity contribution < 1.29 is 26.7 Å². The first kappa shape index (κ1) is 18.6. The lowest BCUT2D eigenvalue weighted by atomic mass is 10.2. The molecule has 1 unspecified atom stereocenters. The molecule has 124 valence electrons. The van der Waals surface area contributed by atoms with E-state index in [4.69, 9.17) is 5.11 Å². The van der Waals surface area contributed by atoms with Gasteiger partial charge in [-0.05, 0) is 24.1 Å². The van der Waals surface area contributed by atoms with E-state index in [0.717, 1.165) is 6.26 Å². The Balaban J connectivity index is 2.95. The summed E-state index contributed by atoms with van der Waals surface area (Å²) in [4.78, 5) is 11.0. The Kier molecular flexibility index (Phi) is 6.09. The number of hydrogen-bond donors (Lipinski definition) is 2. The van der Waals surface area contributed by atoms with Gasteiger partial charge in [0.15, 0.2) is 9.84 Å². The maximum absolute atomic E-state index is 12.0. The number of carboxylic acid groups (broad SMARTS) is 1. The summed E-state index contributed by atoms with van der Waals surface area (Å²) in [6, 6.07) is 4.37. The molecular formula is C13H19NO6S2. The molecule has 0 aliphatic carbocycles. The minimum atomic E-state index is -3.89. The standard InChI is InChI=1S/C13H19NO6S2/c1-3-5-12(13(15)16)14-22(19,20)9-10-6-4-7-11(8-10)21(2,17)18/h4,6-8,12,14H,3,5,9H2,1-2H3,(H,15,16). The highest BCUT2D eigenvalue weighted by atomic mass is 32.2. The molecule has 7 nitrogen and oxygen atoms in total. The smallest absolute Gasteiger partial charge is 0.321 e. The molecule has 1 rings (SSSR count). The van der Waals surface area contributed by atoms with Crippen LogP contribution < -0.4 is 4.72 Å². The van der Waals surface area contributed by atoms with Gasteiger partial charge < -0.3 is 5.11 Å². The van der Waals surface area contributed by atoms with E-state index in [1.54, 1.807) is 6.92 Å². The first-order valence-corrected chi connectivity index (χ1v) is 10.1. The van der Waals surface area contributed by atoms with Gasteiger partial charge in [0.05, 0.1) is 10.6 Å². The second-order valence-electron chi connectivity index (χ2n) is 4.98. The summed E-state index contributed by atoms with van der Waals surface area (Å²) in [7, 11) is -7.32. The molecule has 0 saturated heterocycles. The summed E-state index contributed by atoms with van der Waals surface area (Å²) in [6.45, 7) is 1.75. The predicted molar refractivity (Wildman–Crippen MR) is 81.6 cm³/mol. The van der Waals surface area contributed by atoms with Gasteiger partial charge in [-0.1, -0.05) is 25.5 Å². The Morgan fingerprint density at radius 1 is 1.27 bits per heavy atom. The maximum Gasteiger partial charge on any atom is 0.321 e. The summed E-state index contributed by atoms with van der Waals surface area (Å²) >= 11 is 0. The predicted octanol–water partition coefficient (Wildman–Crippen LogP) is 0.763. The van der Waals surface area contributed by atoms with E-state index in [1.807, 2.05) is 0 Å². The molecule has 0 spiro atoms. The summed E-state index contributed by atoms with van der Waals surface area (Å²) in [5.74, 6) is -1.72. The van der Waals surface area contributed by atoms with Crippen LogP contribution in [-0.4, -0.2) is 40.2 Å². The zero-order valence-corrected chi connectivity index (χ0v) is 13.9. The molecule has 0 aromatic heterocycles. The SMILES string of the molecule is CCCC(NS(=O)(=O)Cc1cccc(S(C)(=O)=O)c1)C(=O)O. The van der Waals surface area contributed by atoms with Crippen LogP contribution >= 0.6 is 0 Å². The molecule has 2 N–H and O–H groups in total. The number of benzene rings is 1. The van der Waals surface area contributed by atoms with Crippen LogP contribution in [-0.2, 0) is 30.4 Å². The molecule has 1 atom stereocenters. The van der Waals surface area contributed by atoms with Crippen LogP contribution in [0.3, 0.4) is 0 Å². The molecular weight excluding hydrogens is 330 g/mol. The lowest BCUT2D eigenvalue weighted by molar-refractivity contribution is -0.139. The number of rotatable bonds is 8. The molecule has 22 heavy (non-hydrogen) atoms. The first-order valence-electron chi connectivity index (χ1n) is 6.57. The van der Waals surface area contributed by atoms with E-state index in [1.165, 1.54) is 24.3 Å². The van der Waals surface area contributed by atoms with Gasteiger partial charge in [0, 0.05) is 6.26 Å². The first-order chi connectivity index (χ1) is 10.0. The van der Waals surface area contributed by atoms with Crippen LogP contribution in [0.4, 0.5) is 0 Å². The Hall–Kier alpha value is -1.45. The van der Waals surface area contributed by atoms with Crippen molar-refractivity contribution in [1.29, 1.82) is 0 Å². The lowest BCUT2D eigenvalue weighted by Crippen LogP contribution is -2.41. The minimum Gasteiger partial charge on any atom is -0.480 e. The topological polar surface area (TPSA) is 118 Å². The highest BCUT2D eigenvalue weighted by Crippen LogP contribution is 2.14. The van der Waals surface area contributed by atoms with Crippen molar-refractivity contribution in [3.63, 3.8) is 0 Å². The normalized spacial score (nSPS) is 13.7. The van der Waals surface area contributed by atoms with Gasteiger partial charge in [-0.15, -0.1) is 0 Å². The minimum absolute atomic E-state index is 0.0172. The van der Waals surface area contributed by atoms with Gasteiger partial charge >= 0.3 is 5.97 Å². The fourth-order valence-electron chi connectivity index (χ4n) is 1.87. The maximum atomic E-state index is 12.0. The molecule has 0 aliphatic heterocycles. The van der Waals surface area contributed by atoms with E-state index in [-0.39, 0.29) is 16.9 Å². The van der Waals surface area contributed by atoms with Gasteiger partial charge in [0.1, 0.15) is 6.04 Å². The average Bonchev–Trinajstić information content (AvgIpc) is 2.36. The highest BCUT2D eigenvalue weighted by Gasteiger charge is 2.23. The fraction of sp³-hybridized carbons (Fsp3) is 0.462. The van der Waals surface area contributed by atoms with Crippen molar-refractivity contribution in [3.05, 3.63) is 29.8 Å². The summed E-state index contributed by atoms with van der Waals surface area (Å²) in [5.41, 5.74) is 0.274. The van der Waals surface area contributed by atoms with Crippen molar-refractivity contribution in [2.45, 2.75) is 36.5 Å². The number of nitrogens with one attached hydrogen (secondary N) is 1. The van der Waals surface area contributed by atoms with Crippen LogP contribution in [0.5, 0.6) is 0 Å². The van der Waals surface area contributed by atoms with Gasteiger partial charge in [-0.2, -0.15) is 0 Å². The number of hydrogen-bond acceptors (Lipinski definition) is 5. The Morgan fingerprint density at radius 3 is 2.41 bits per heavy atom. The molecule has 0 fully saturated rings. The van der Waals surface area contributed by atoms with Crippen molar-refractivity contribution >= 4 is 25.8 Å². The molecule has 0 heterocycles. The highest BCUT2D eigenvalue weighted by molar-refractivity contribution is 7.90. The third-order valence-electron chi connectivity index (χ3n) is 2.88. The zero-order valence-electron chi connectivity index (χ0n) is 12.3. The van der Waals surface area contributed by atoms with E-state index < -0.39 is 37.6 Å². The second-order valence-corrected chi connectivity index (χ2v) is 8.75. The Morgan fingerprint density at radius 2 is 1.91 bits per heavy atom. The monoisotopic (exact) mass is 349 g/mol. The molecule has 0 bridgehead atoms. The fourth-order valence-corrected chi connectivity index (χ4v) is 3.91. The molecule has 0 saturated carbocycles. The third kappa shape index (κ3) is 5.74. The molecule has 9 heteroatoms. The number of aliphatic carboxylic acids is 1. The second kappa shape index (κ2) is 7.21. The Bertz CT molecular complexity index is 740. The van der Waals surface area contributed by atoms with Gasteiger partial charge in [-0.3, -0.25) is 4.79 Å². The van der Waals surface area contributed by atoms with Gasteiger partial charge in [-0.25, -0.2) is 21.6 Å². The third-order valence-corrected chi connectivity index (χ3v) is 5.35. The number of sulfone groups is 1. The van der Waals surface area contributed by atoms with Crippen LogP contribution in [0, 0.1) is 0 Å². The lowest BCUT2D eigenvalue weighted by Gasteiger charge is -2.14. The van der Waals surface area contributed by atoms with Crippen molar-refractivity contribution in [3.8, 4) is 0 Å². The number of carbonyl (C=O) groups is 1. The molecule has 0 aliphatic rings. The average molecular weight is 349 g/mol. The number of sulfonamides is 1. The van der Waals surface area contributed by atoms with Crippen LogP contribution in [0.2, 0.25) is 0 Å². The Labute approximate surface area is 130 Å². The summed E-state index contributed by atoms with van der Waals surface area (Å²) in [5, 5.41) is 8.98. The van der Waals surface area contributed by atoms with E-state index in [2.05, 4.69) is 4.72 Å². The van der Waals surface area contributed by atoms with E-state index in [9.17, 15) is 21.6 Å². The summed E-state index contributed by atoms with van der Waals surface area (Å²) < 4.78 is 49.1. The van der Waals surface area contributed by atoms with Crippen LogP contribution in [0.25, 0.3) is 0 Å². The zero-order chi connectivity index (χ0) is 17.0.